The summed E-state index contributed by atoms with van der Waals surface area (Å²) in [6, 6.07) is -0.123. The van der Waals surface area contributed by atoms with Crippen molar-refractivity contribution < 1.29 is 22.5 Å². The Morgan fingerprint density at radius 2 is 2.08 bits per heavy atom. The molecule has 0 bridgehead atoms. The van der Waals surface area contributed by atoms with Crippen LogP contribution in [0.3, 0.4) is 0 Å². The fourth-order valence-electron chi connectivity index (χ4n) is 4.28. The highest BCUT2D eigenvalue weighted by molar-refractivity contribution is 7.88. The van der Waals surface area contributed by atoms with Crippen LogP contribution in [0, 0.1) is 6.92 Å². The third-order valence-corrected chi connectivity index (χ3v) is 6.82. The number of nitrogens with zero attached hydrogens (tertiary/aromatic N) is 3. The van der Waals surface area contributed by atoms with E-state index < -0.39 is 15.6 Å². The lowest BCUT2D eigenvalue weighted by molar-refractivity contribution is 0.0503. The van der Waals surface area contributed by atoms with Gasteiger partial charge in [-0.25, -0.2) is 8.42 Å². The molecule has 2 saturated heterocycles. The van der Waals surface area contributed by atoms with Crippen LogP contribution in [0.15, 0.2) is 10.8 Å². The number of hydrogen-bond donors (Lipinski definition) is 0. The van der Waals surface area contributed by atoms with Gasteiger partial charge in [0.15, 0.2) is 0 Å². The summed E-state index contributed by atoms with van der Waals surface area (Å²) in [4.78, 5) is 14.4. The summed E-state index contributed by atoms with van der Waals surface area (Å²) in [6.07, 6.45) is 5.50. The van der Waals surface area contributed by atoms with Gasteiger partial charge >= 0.3 is 0 Å². The highest BCUT2D eigenvalue weighted by Crippen LogP contribution is 2.43. The first kappa shape index (κ1) is 18.3. The number of likely N-dealkylation sites (tertiary alicyclic amines) is 1. The number of ether oxygens (including phenoxy) is 1. The average molecular weight is 371 g/mol. The molecule has 1 aromatic rings. The van der Waals surface area contributed by atoms with Crippen molar-refractivity contribution in [2.24, 2.45) is 0 Å². The van der Waals surface area contributed by atoms with Crippen LogP contribution < -0.4 is 0 Å². The van der Waals surface area contributed by atoms with Gasteiger partial charge in [-0.1, -0.05) is 5.16 Å². The minimum absolute atomic E-state index is 0.106. The molecule has 1 spiro atoms. The number of piperidine rings is 1. The van der Waals surface area contributed by atoms with Gasteiger partial charge < -0.3 is 14.2 Å². The normalized spacial score (nSPS) is 24.1. The first-order chi connectivity index (χ1) is 11.8. The molecule has 1 aromatic heterocycles. The number of methoxy groups -OCH3 is 1. The van der Waals surface area contributed by atoms with E-state index in [1.54, 1.807) is 23.2 Å². The highest BCUT2D eigenvalue weighted by Gasteiger charge is 2.52. The predicted octanol–water partition coefficient (Wildman–Crippen LogP) is 1.03. The fraction of sp³-hybridized carbons (Fsp3) is 0.750. The Morgan fingerprint density at radius 1 is 1.40 bits per heavy atom. The lowest BCUT2D eigenvalue weighted by Gasteiger charge is -2.45. The Labute approximate surface area is 148 Å². The van der Waals surface area contributed by atoms with Crippen molar-refractivity contribution in [3.8, 4) is 0 Å². The van der Waals surface area contributed by atoms with E-state index in [1.165, 1.54) is 12.5 Å². The molecule has 9 heteroatoms. The number of sulfonamides is 1. The van der Waals surface area contributed by atoms with Crippen molar-refractivity contribution in [1.29, 1.82) is 0 Å². The lowest BCUT2D eigenvalue weighted by Crippen LogP contribution is -2.57. The largest absolute Gasteiger partial charge is 0.383 e. The number of carbonyl (C=O) groups excluding carboxylic acids is 1. The minimum atomic E-state index is -3.34. The fourth-order valence-corrected chi connectivity index (χ4v) is 5.97. The molecule has 8 nitrogen and oxygen atoms in total. The highest BCUT2D eigenvalue weighted by atomic mass is 32.2. The molecular formula is C16H25N3O5S. The van der Waals surface area contributed by atoms with Crippen molar-refractivity contribution in [2.45, 2.75) is 44.2 Å². The standard InChI is InChI=1S/C16H25N3O5S/c1-12-14(11-24-17-12)15(20)18-8-6-16(7-9-18)5-4-13(10-23-2)19(16)25(3,21)22/h11,13H,4-10H2,1-3H3/t13-/m1/s1. The number of carbonyl (C=O) groups is 1. The van der Waals surface area contributed by atoms with Crippen LogP contribution >= 0.6 is 0 Å². The van der Waals surface area contributed by atoms with Crippen LogP contribution in [-0.2, 0) is 14.8 Å². The van der Waals surface area contributed by atoms with Gasteiger partial charge in [-0.05, 0) is 32.6 Å². The van der Waals surface area contributed by atoms with E-state index in [1.807, 2.05) is 0 Å². The maximum absolute atomic E-state index is 12.6. The van der Waals surface area contributed by atoms with E-state index in [9.17, 15) is 13.2 Å². The third kappa shape index (κ3) is 3.32. The monoisotopic (exact) mass is 371 g/mol. The molecule has 0 saturated carbocycles. The van der Waals surface area contributed by atoms with Crippen LogP contribution in [0.2, 0.25) is 0 Å². The number of aryl methyl sites for hydroxylation is 1. The Bertz CT molecular complexity index is 737. The van der Waals surface area contributed by atoms with Crippen molar-refractivity contribution >= 4 is 15.9 Å². The predicted molar refractivity (Wildman–Crippen MR) is 90.7 cm³/mol. The van der Waals surface area contributed by atoms with E-state index in [0.717, 1.165) is 12.8 Å². The van der Waals surface area contributed by atoms with E-state index in [4.69, 9.17) is 9.26 Å². The first-order valence-electron chi connectivity index (χ1n) is 8.47. The smallest absolute Gasteiger partial charge is 0.259 e. The van der Waals surface area contributed by atoms with Crippen molar-refractivity contribution in [1.82, 2.24) is 14.4 Å². The summed E-state index contributed by atoms with van der Waals surface area (Å²) in [5, 5.41) is 3.75. The molecule has 1 amide bonds. The number of hydrogen-bond acceptors (Lipinski definition) is 6. The molecule has 2 aliphatic rings. The summed E-state index contributed by atoms with van der Waals surface area (Å²) in [5.41, 5.74) is 0.640. The van der Waals surface area contributed by atoms with E-state index in [-0.39, 0.29) is 11.9 Å². The maximum atomic E-state index is 12.6. The SMILES string of the molecule is COC[C@H]1CCC2(CCN(C(=O)c3conc3C)CC2)N1S(C)(=O)=O. The Hall–Kier alpha value is -1.45. The van der Waals surface area contributed by atoms with Gasteiger partial charge in [0.1, 0.15) is 11.8 Å². The Kier molecular flexibility index (Phi) is 4.91. The van der Waals surface area contributed by atoms with Gasteiger partial charge in [0.2, 0.25) is 10.0 Å². The van der Waals surface area contributed by atoms with Crippen molar-refractivity contribution in [3.05, 3.63) is 17.5 Å². The molecule has 2 fully saturated rings. The molecule has 1 atom stereocenters. The van der Waals surface area contributed by atoms with Crippen LogP contribution in [0.1, 0.15) is 41.7 Å². The maximum Gasteiger partial charge on any atom is 0.259 e. The molecule has 0 unspecified atom stereocenters. The summed E-state index contributed by atoms with van der Waals surface area (Å²) in [5.74, 6) is -0.106. The molecule has 3 rings (SSSR count). The molecule has 0 aliphatic carbocycles. The van der Waals surface area contributed by atoms with Gasteiger partial charge in [-0.3, -0.25) is 4.79 Å². The van der Waals surface area contributed by atoms with Gasteiger partial charge in [-0.15, -0.1) is 0 Å². The molecule has 0 radical (unpaired) electrons. The van der Waals surface area contributed by atoms with Crippen LogP contribution in [0.25, 0.3) is 0 Å². The second-order valence-corrected chi connectivity index (χ2v) is 8.90. The minimum Gasteiger partial charge on any atom is -0.383 e. The Morgan fingerprint density at radius 3 is 2.60 bits per heavy atom. The molecule has 0 aromatic carbocycles. The van der Waals surface area contributed by atoms with Crippen LogP contribution in [0.4, 0.5) is 0 Å². The summed E-state index contributed by atoms with van der Waals surface area (Å²) in [6.45, 7) is 3.18. The zero-order valence-electron chi connectivity index (χ0n) is 14.9. The van der Waals surface area contributed by atoms with Gasteiger partial charge in [0, 0.05) is 31.8 Å². The molecule has 2 aliphatic heterocycles. The molecule has 3 heterocycles. The topological polar surface area (TPSA) is 92.9 Å². The van der Waals surface area contributed by atoms with Crippen molar-refractivity contribution in [2.75, 3.05) is 33.1 Å². The van der Waals surface area contributed by atoms with Crippen LogP contribution in [-0.4, -0.2) is 73.3 Å². The molecule has 0 N–H and O–H groups in total. The number of rotatable bonds is 4. The zero-order valence-corrected chi connectivity index (χ0v) is 15.7. The molecule has 140 valence electrons. The summed E-state index contributed by atoms with van der Waals surface area (Å²) >= 11 is 0. The zero-order chi connectivity index (χ0) is 18.2. The summed E-state index contributed by atoms with van der Waals surface area (Å²) in [7, 11) is -1.75. The first-order valence-corrected chi connectivity index (χ1v) is 10.3. The molecule has 25 heavy (non-hydrogen) atoms. The van der Waals surface area contributed by atoms with E-state index in [2.05, 4.69) is 5.16 Å². The molecular weight excluding hydrogens is 346 g/mol. The van der Waals surface area contributed by atoms with Crippen molar-refractivity contribution in [3.63, 3.8) is 0 Å². The van der Waals surface area contributed by atoms with E-state index >= 15 is 0 Å². The Balaban J connectivity index is 1.76. The second kappa shape index (κ2) is 6.69. The summed E-state index contributed by atoms with van der Waals surface area (Å²) < 4.78 is 36.5. The van der Waals surface area contributed by atoms with Gasteiger partial charge in [0.05, 0.1) is 18.6 Å². The lowest BCUT2D eigenvalue weighted by atomic mass is 9.86. The third-order valence-electron chi connectivity index (χ3n) is 5.42. The van der Waals surface area contributed by atoms with E-state index in [0.29, 0.717) is 43.8 Å². The average Bonchev–Trinajstić information content (AvgIpc) is 3.12. The van der Waals surface area contributed by atoms with Crippen LogP contribution in [0.5, 0.6) is 0 Å². The second-order valence-electron chi connectivity index (χ2n) is 7.04. The number of amides is 1. The quantitative estimate of drug-likeness (QED) is 0.785. The van der Waals surface area contributed by atoms with Gasteiger partial charge in [0.25, 0.3) is 5.91 Å². The number of aromatic nitrogens is 1. The van der Waals surface area contributed by atoms with Gasteiger partial charge in [-0.2, -0.15) is 4.31 Å².